The molecule has 0 fully saturated rings. The second-order valence-electron chi connectivity index (χ2n) is 4.83. The molecule has 0 spiro atoms. The number of anilines is 2. The summed E-state index contributed by atoms with van der Waals surface area (Å²) in [6.45, 7) is 0. The van der Waals surface area contributed by atoms with Crippen LogP contribution in [-0.4, -0.2) is 0 Å². The van der Waals surface area contributed by atoms with Gasteiger partial charge in [0, 0.05) is 23.5 Å². The van der Waals surface area contributed by atoms with E-state index in [0.717, 1.165) is 4.90 Å². The third-order valence-corrected chi connectivity index (χ3v) is 3.54. The Bertz CT molecular complexity index is 763. The molecule has 0 saturated carbocycles. The predicted molar refractivity (Wildman–Crippen MR) is 75.6 cm³/mol. The highest BCUT2D eigenvalue weighted by Gasteiger charge is 2.29. The smallest absolute Gasteiger partial charge is 0.185 e. The Morgan fingerprint density at radius 1 is 1.00 bits per heavy atom. The van der Waals surface area contributed by atoms with Gasteiger partial charge in [0.25, 0.3) is 0 Å². The van der Waals surface area contributed by atoms with Gasteiger partial charge < -0.3 is 16.4 Å². The van der Waals surface area contributed by atoms with Crippen molar-refractivity contribution in [1.29, 1.82) is 0 Å². The van der Waals surface area contributed by atoms with Gasteiger partial charge in [-0.3, -0.25) is 0 Å². The molecular weight excluding hydrogens is 298 g/mol. The highest BCUT2D eigenvalue weighted by atomic mass is 19.2. The molecule has 3 nitrogen and oxygen atoms in total. The van der Waals surface area contributed by atoms with Crippen molar-refractivity contribution >= 4 is 17.5 Å². The van der Waals surface area contributed by atoms with Gasteiger partial charge in [-0.1, -0.05) is 12.1 Å². The van der Waals surface area contributed by atoms with E-state index in [0.29, 0.717) is 16.8 Å². The van der Waals surface area contributed by atoms with Crippen molar-refractivity contribution in [2.45, 2.75) is 6.17 Å². The molecule has 1 atom stereocenters. The Kier molecular flexibility index (Phi) is 3.29. The second-order valence-corrected chi connectivity index (χ2v) is 4.83. The Morgan fingerprint density at radius 2 is 1.64 bits per heavy atom. The van der Waals surface area contributed by atoms with Crippen LogP contribution in [0.3, 0.4) is 0 Å². The number of nitrogens with zero attached hydrogens (tertiary/aromatic N) is 1. The van der Waals surface area contributed by atoms with Gasteiger partial charge in [0.05, 0.1) is 0 Å². The van der Waals surface area contributed by atoms with Gasteiger partial charge in [0.2, 0.25) is 0 Å². The Hall–Kier alpha value is -2.54. The van der Waals surface area contributed by atoms with E-state index in [1.54, 1.807) is 18.2 Å². The third kappa shape index (κ3) is 2.01. The molecule has 0 saturated heterocycles. The molecule has 114 valence electrons. The van der Waals surface area contributed by atoms with Crippen LogP contribution in [0.4, 0.5) is 28.9 Å². The Balaban J connectivity index is 2.17. The fourth-order valence-electron chi connectivity index (χ4n) is 2.45. The van der Waals surface area contributed by atoms with Crippen molar-refractivity contribution in [2.24, 2.45) is 5.73 Å². The Labute approximate surface area is 123 Å². The number of hydrogen-bond donors (Lipinski definition) is 2. The third-order valence-electron chi connectivity index (χ3n) is 3.54. The molecule has 7 heteroatoms. The van der Waals surface area contributed by atoms with E-state index in [2.05, 4.69) is 0 Å². The van der Waals surface area contributed by atoms with E-state index >= 15 is 0 Å². The highest BCUT2D eigenvalue weighted by molar-refractivity contribution is 5.74. The van der Waals surface area contributed by atoms with Crippen LogP contribution in [0.5, 0.6) is 0 Å². The summed E-state index contributed by atoms with van der Waals surface area (Å²) in [5.41, 5.74) is 12.4. The zero-order valence-corrected chi connectivity index (χ0v) is 11.2. The minimum Gasteiger partial charge on any atom is -0.398 e. The van der Waals surface area contributed by atoms with Gasteiger partial charge in [-0.25, -0.2) is 17.6 Å². The van der Waals surface area contributed by atoms with E-state index in [4.69, 9.17) is 11.5 Å². The standard InChI is InChI=1S/C15H11F4N3/c16-9-6-10(17)13(19)14(12(9)18)22-5-4-7-8(15(22)21)2-1-3-11(7)20/h1-6,15H,20-21H2. The summed E-state index contributed by atoms with van der Waals surface area (Å²) in [5.74, 6) is -6.00. The maximum Gasteiger partial charge on any atom is 0.185 e. The Morgan fingerprint density at radius 3 is 2.27 bits per heavy atom. The number of benzene rings is 2. The summed E-state index contributed by atoms with van der Waals surface area (Å²) >= 11 is 0. The van der Waals surface area contributed by atoms with Crippen molar-refractivity contribution in [3.05, 3.63) is 64.9 Å². The van der Waals surface area contributed by atoms with Crippen molar-refractivity contribution in [3.8, 4) is 0 Å². The molecule has 0 bridgehead atoms. The molecule has 22 heavy (non-hydrogen) atoms. The number of nitrogens with two attached hydrogens (primary N) is 2. The van der Waals surface area contributed by atoms with Gasteiger partial charge in [0.15, 0.2) is 23.3 Å². The van der Waals surface area contributed by atoms with Crippen LogP contribution in [0, 0.1) is 23.3 Å². The number of fused-ring (bicyclic) bond motifs is 1. The summed E-state index contributed by atoms with van der Waals surface area (Å²) in [6.07, 6.45) is 1.69. The van der Waals surface area contributed by atoms with E-state index in [9.17, 15) is 17.6 Å². The van der Waals surface area contributed by atoms with Gasteiger partial charge in [-0.2, -0.15) is 0 Å². The topological polar surface area (TPSA) is 55.3 Å². The maximum absolute atomic E-state index is 13.9. The molecule has 1 heterocycles. The van der Waals surface area contributed by atoms with Crippen molar-refractivity contribution in [1.82, 2.24) is 0 Å². The van der Waals surface area contributed by atoms with Gasteiger partial charge in [-0.05, 0) is 17.7 Å². The summed E-state index contributed by atoms with van der Waals surface area (Å²) < 4.78 is 54.6. The summed E-state index contributed by atoms with van der Waals surface area (Å²) in [4.78, 5) is 0.929. The van der Waals surface area contributed by atoms with Crippen LogP contribution in [-0.2, 0) is 0 Å². The summed E-state index contributed by atoms with van der Waals surface area (Å²) in [5, 5.41) is 0. The van der Waals surface area contributed by atoms with Crippen LogP contribution >= 0.6 is 0 Å². The first-order valence-corrected chi connectivity index (χ1v) is 6.35. The lowest BCUT2D eigenvalue weighted by molar-refractivity contribution is 0.450. The van der Waals surface area contributed by atoms with Gasteiger partial charge >= 0.3 is 0 Å². The minimum atomic E-state index is -1.51. The average molecular weight is 309 g/mol. The highest BCUT2D eigenvalue weighted by Crippen LogP contribution is 2.37. The van der Waals surface area contributed by atoms with Crippen LogP contribution in [0.25, 0.3) is 6.08 Å². The first-order valence-electron chi connectivity index (χ1n) is 6.35. The molecule has 3 rings (SSSR count). The van der Waals surface area contributed by atoms with Crippen LogP contribution in [0.15, 0.2) is 30.5 Å². The second kappa shape index (κ2) is 5.03. The van der Waals surface area contributed by atoms with E-state index in [-0.39, 0.29) is 6.07 Å². The van der Waals surface area contributed by atoms with E-state index in [1.165, 1.54) is 12.3 Å². The zero-order chi connectivity index (χ0) is 16.0. The minimum absolute atomic E-state index is 0.152. The number of nitrogen functional groups attached to an aromatic ring is 1. The van der Waals surface area contributed by atoms with Gasteiger partial charge in [-0.15, -0.1) is 0 Å². The maximum atomic E-state index is 13.9. The lowest BCUT2D eigenvalue weighted by atomic mass is 9.99. The lowest BCUT2D eigenvalue weighted by Gasteiger charge is -2.33. The summed E-state index contributed by atoms with van der Waals surface area (Å²) in [6, 6.07) is 5.05. The quantitative estimate of drug-likeness (QED) is 0.483. The normalized spacial score (nSPS) is 16.8. The largest absolute Gasteiger partial charge is 0.398 e. The van der Waals surface area contributed by atoms with Crippen LogP contribution < -0.4 is 16.4 Å². The van der Waals surface area contributed by atoms with Crippen molar-refractivity contribution in [2.75, 3.05) is 10.6 Å². The number of halogens is 4. The monoisotopic (exact) mass is 309 g/mol. The summed E-state index contributed by atoms with van der Waals surface area (Å²) in [7, 11) is 0. The molecule has 2 aromatic carbocycles. The fourth-order valence-corrected chi connectivity index (χ4v) is 2.45. The van der Waals surface area contributed by atoms with E-state index < -0.39 is 35.1 Å². The molecule has 1 unspecified atom stereocenters. The van der Waals surface area contributed by atoms with Crippen LogP contribution in [0.1, 0.15) is 17.3 Å². The number of rotatable bonds is 1. The molecule has 0 aromatic heterocycles. The molecule has 4 N–H and O–H groups in total. The lowest BCUT2D eigenvalue weighted by Crippen LogP contribution is -2.34. The number of hydrogen-bond acceptors (Lipinski definition) is 3. The average Bonchev–Trinajstić information content (AvgIpc) is 2.48. The molecule has 0 aliphatic carbocycles. The molecule has 0 radical (unpaired) electrons. The van der Waals surface area contributed by atoms with Gasteiger partial charge in [0.1, 0.15) is 11.9 Å². The van der Waals surface area contributed by atoms with E-state index in [1.807, 2.05) is 0 Å². The SMILES string of the molecule is Nc1cccc2c1C=CN(c1c(F)c(F)cc(F)c1F)C2N. The van der Waals surface area contributed by atoms with Crippen molar-refractivity contribution < 1.29 is 17.6 Å². The molecule has 1 aliphatic rings. The molecule has 0 amide bonds. The first kappa shape index (κ1) is 14.4. The molecular formula is C15H11F4N3. The molecule has 1 aliphatic heterocycles. The van der Waals surface area contributed by atoms with Crippen LogP contribution in [0.2, 0.25) is 0 Å². The first-order chi connectivity index (χ1) is 10.4. The molecule has 2 aromatic rings. The predicted octanol–water partition coefficient (Wildman–Crippen LogP) is 3.27. The zero-order valence-electron chi connectivity index (χ0n) is 11.2. The fraction of sp³-hybridized carbons (Fsp3) is 0.0667. The van der Waals surface area contributed by atoms with Crippen molar-refractivity contribution in [3.63, 3.8) is 0 Å².